The molecule has 0 saturated heterocycles. The molecule has 0 amide bonds. The van der Waals surface area contributed by atoms with Crippen LogP contribution in [0, 0.1) is 0 Å². The molecule has 2 unspecified atom stereocenters. The fourth-order valence-corrected chi connectivity index (χ4v) is 2.70. The van der Waals surface area contributed by atoms with Crippen LogP contribution in [0.4, 0.5) is 0 Å². The molecule has 0 aliphatic carbocycles. The molecule has 8 nitrogen and oxygen atoms in total. The second-order valence-electron chi connectivity index (χ2n) is 4.95. The van der Waals surface area contributed by atoms with Gasteiger partial charge in [-0.15, -0.1) is 0 Å². The third-order valence-corrected chi connectivity index (χ3v) is 3.96. The van der Waals surface area contributed by atoms with Crippen molar-refractivity contribution in [3.05, 3.63) is 40.7 Å². The van der Waals surface area contributed by atoms with Crippen LogP contribution in [0.15, 0.2) is 24.4 Å². The first-order chi connectivity index (χ1) is 11.4. The number of alkyl halides is 1. The van der Waals surface area contributed by atoms with E-state index < -0.39 is 17.3 Å². The molecule has 0 fully saturated rings. The number of nitrogens with zero attached hydrogens (tertiary/aromatic N) is 2. The second kappa shape index (κ2) is 6.14. The van der Waals surface area contributed by atoms with Crippen LogP contribution in [-0.2, 0) is 16.3 Å². The summed E-state index contributed by atoms with van der Waals surface area (Å²) in [6.07, 6.45) is 0.421. The van der Waals surface area contributed by atoms with Gasteiger partial charge in [0.25, 0.3) is 0 Å². The molecule has 24 heavy (non-hydrogen) atoms. The maximum atomic E-state index is 11.1. The minimum atomic E-state index is -2.38. The molecule has 1 aliphatic heterocycles. The third-order valence-electron chi connectivity index (χ3n) is 3.36. The largest absolute Gasteiger partial charge is 0.474 e. The van der Waals surface area contributed by atoms with Crippen molar-refractivity contribution in [1.82, 2.24) is 9.78 Å². The highest BCUT2D eigenvalue weighted by atomic mass is 35.5. The predicted octanol–water partition coefficient (Wildman–Crippen LogP) is 1.97. The Morgan fingerprint density at radius 3 is 2.92 bits per heavy atom. The zero-order valence-corrected chi connectivity index (χ0v) is 13.8. The van der Waals surface area contributed by atoms with E-state index in [9.17, 15) is 9.90 Å². The summed E-state index contributed by atoms with van der Waals surface area (Å²) in [6, 6.07) is 4.46. The molecule has 128 valence electrons. The summed E-state index contributed by atoms with van der Waals surface area (Å²) in [6.45, 7) is 0.154. The van der Waals surface area contributed by atoms with Gasteiger partial charge in [0.15, 0.2) is 11.5 Å². The fourth-order valence-electron chi connectivity index (χ4n) is 2.28. The van der Waals surface area contributed by atoms with Gasteiger partial charge in [0.2, 0.25) is 0 Å². The molecule has 2 atom stereocenters. The molecule has 2 heterocycles. The highest BCUT2D eigenvalue weighted by molar-refractivity contribution is 6.34. The van der Waals surface area contributed by atoms with Crippen LogP contribution >= 0.6 is 23.2 Å². The van der Waals surface area contributed by atoms with Gasteiger partial charge in [0.1, 0.15) is 12.8 Å². The molecular weight excluding hydrogens is 363 g/mol. The number of rotatable bonds is 5. The molecule has 1 aliphatic rings. The summed E-state index contributed by atoms with van der Waals surface area (Å²) in [7, 11) is 1.50. The number of aromatic nitrogens is 2. The van der Waals surface area contributed by atoms with Crippen molar-refractivity contribution in [3.8, 4) is 11.5 Å². The lowest BCUT2D eigenvalue weighted by Crippen LogP contribution is -2.40. The maximum absolute atomic E-state index is 11.1. The van der Waals surface area contributed by atoms with Crippen molar-refractivity contribution in [2.75, 3.05) is 7.11 Å². The fraction of sp³-hybridized carbons (Fsp3) is 0.286. The number of aliphatic hydroxyl groups excluding tert-OH is 1. The molecule has 1 aromatic carbocycles. The minimum absolute atomic E-state index is 0.00424. The Kier molecular flexibility index (Phi) is 4.31. The molecule has 3 rings (SSSR count). The van der Waals surface area contributed by atoms with E-state index in [4.69, 9.17) is 42.5 Å². The Morgan fingerprint density at radius 2 is 2.25 bits per heavy atom. The smallest absolute Gasteiger partial charge is 0.436 e. The molecule has 2 aromatic rings. The van der Waals surface area contributed by atoms with E-state index in [1.165, 1.54) is 30.1 Å². The number of hydrogen-bond acceptors (Lipinski definition) is 6. The van der Waals surface area contributed by atoms with Crippen LogP contribution in [0.25, 0.3) is 0 Å². The molecular formula is C14H12Cl2N2O6. The number of carbonyl (C=O) groups is 1. The van der Waals surface area contributed by atoms with Crippen LogP contribution < -0.4 is 9.47 Å². The number of carboxylic acids is 1. The normalized spacial score (nSPS) is 20.2. The first-order valence-electron chi connectivity index (χ1n) is 6.68. The SMILES string of the molecule is COCn1nccc1C(O)c1cc(Cl)c2c(c1)OC(Cl)(C(=O)O)O2. The van der Waals surface area contributed by atoms with Crippen molar-refractivity contribution in [2.45, 2.75) is 18.1 Å². The highest BCUT2D eigenvalue weighted by Crippen LogP contribution is 2.47. The minimum Gasteiger partial charge on any atom is -0.474 e. The van der Waals surface area contributed by atoms with E-state index in [1.807, 2.05) is 0 Å². The van der Waals surface area contributed by atoms with Gasteiger partial charge in [-0.2, -0.15) is 5.10 Å². The Morgan fingerprint density at radius 1 is 1.50 bits per heavy atom. The van der Waals surface area contributed by atoms with Crippen LogP contribution in [0.5, 0.6) is 11.5 Å². The Labute approximate surface area is 146 Å². The summed E-state index contributed by atoms with van der Waals surface area (Å²) in [5, 5.41) is 21.3. The number of aliphatic hydroxyl groups is 1. The summed E-state index contributed by atoms with van der Waals surface area (Å²) in [5.74, 6) is -1.50. The van der Waals surface area contributed by atoms with E-state index in [2.05, 4.69) is 5.10 Å². The van der Waals surface area contributed by atoms with E-state index in [0.717, 1.165) is 0 Å². The number of methoxy groups -OCH3 is 1. The van der Waals surface area contributed by atoms with Gasteiger partial charge in [-0.3, -0.25) is 0 Å². The van der Waals surface area contributed by atoms with E-state index in [-0.39, 0.29) is 23.3 Å². The van der Waals surface area contributed by atoms with Crippen molar-refractivity contribution < 1.29 is 29.2 Å². The van der Waals surface area contributed by atoms with E-state index in [1.54, 1.807) is 6.07 Å². The second-order valence-corrected chi connectivity index (χ2v) is 5.86. The lowest BCUT2D eigenvalue weighted by atomic mass is 10.1. The average Bonchev–Trinajstić information content (AvgIpc) is 3.11. The zero-order valence-electron chi connectivity index (χ0n) is 12.3. The summed E-state index contributed by atoms with van der Waals surface area (Å²) in [4.78, 5) is 11.1. The van der Waals surface area contributed by atoms with Gasteiger partial charge in [0.05, 0.1) is 10.7 Å². The number of halogens is 2. The number of hydrogen-bond donors (Lipinski definition) is 2. The predicted molar refractivity (Wildman–Crippen MR) is 82.2 cm³/mol. The topological polar surface area (TPSA) is 103 Å². The zero-order chi connectivity index (χ0) is 17.5. The van der Waals surface area contributed by atoms with Crippen LogP contribution in [0.3, 0.4) is 0 Å². The Balaban J connectivity index is 1.96. The molecule has 10 heteroatoms. The maximum Gasteiger partial charge on any atom is 0.436 e. The highest BCUT2D eigenvalue weighted by Gasteiger charge is 2.49. The van der Waals surface area contributed by atoms with Gasteiger partial charge in [0, 0.05) is 13.3 Å². The van der Waals surface area contributed by atoms with Crippen molar-refractivity contribution in [3.63, 3.8) is 0 Å². The summed E-state index contributed by atoms with van der Waals surface area (Å²) >= 11 is 11.8. The lowest BCUT2D eigenvalue weighted by Gasteiger charge is -2.14. The van der Waals surface area contributed by atoms with Gasteiger partial charge in [-0.05, 0) is 35.4 Å². The third kappa shape index (κ3) is 2.78. The first-order valence-corrected chi connectivity index (χ1v) is 7.44. The molecule has 0 radical (unpaired) electrons. The van der Waals surface area contributed by atoms with Gasteiger partial charge < -0.3 is 24.4 Å². The van der Waals surface area contributed by atoms with Crippen LogP contribution in [0.1, 0.15) is 17.4 Å². The number of benzene rings is 1. The number of fused-ring (bicyclic) bond motifs is 1. The molecule has 0 saturated carbocycles. The van der Waals surface area contributed by atoms with Gasteiger partial charge in [-0.25, -0.2) is 9.48 Å². The number of aliphatic carboxylic acids is 1. The Hall–Kier alpha value is -2.00. The molecule has 0 bridgehead atoms. The summed E-state index contributed by atoms with van der Waals surface area (Å²) in [5.41, 5.74) is 0.814. The monoisotopic (exact) mass is 374 g/mol. The van der Waals surface area contributed by atoms with Gasteiger partial charge in [-0.1, -0.05) is 11.6 Å². The molecule has 1 aromatic heterocycles. The quantitative estimate of drug-likeness (QED) is 0.771. The van der Waals surface area contributed by atoms with Crippen LogP contribution in [-0.4, -0.2) is 38.3 Å². The number of ether oxygens (including phenoxy) is 3. The first kappa shape index (κ1) is 16.8. The summed E-state index contributed by atoms with van der Waals surface area (Å²) < 4.78 is 16.7. The Bertz CT molecular complexity index is 796. The molecule has 2 N–H and O–H groups in total. The van der Waals surface area contributed by atoms with Crippen molar-refractivity contribution in [1.29, 1.82) is 0 Å². The van der Waals surface area contributed by atoms with E-state index >= 15 is 0 Å². The van der Waals surface area contributed by atoms with Crippen LogP contribution in [0.2, 0.25) is 5.02 Å². The standard InChI is InChI=1S/C14H12Cl2N2O6/c1-22-6-18-9(2-3-17-18)11(19)7-4-8(15)12-10(5-7)23-14(16,24-12)13(20)21/h2-5,11,19H,6H2,1H3,(H,20,21). The van der Waals surface area contributed by atoms with E-state index in [0.29, 0.717) is 11.3 Å². The lowest BCUT2D eigenvalue weighted by molar-refractivity contribution is -0.161. The number of carboxylic acid groups (broad SMARTS) is 1. The van der Waals surface area contributed by atoms with Gasteiger partial charge >= 0.3 is 11.2 Å². The van der Waals surface area contributed by atoms with Crippen molar-refractivity contribution >= 4 is 29.2 Å². The average molecular weight is 375 g/mol. The molecule has 0 spiro atoms. The van der Waals surface area contributed by atoms with Crippen molar-refractivity contribution in [2.24, 2.45) is 0 Å².